The zero-order chi connectivity index (χ0) is 13.3. The third-order valence-corrected chi connectivity index (χ3v) is 4.10. The second-order valence-corrected chi connectivity index (χ2v) is 5.71. The lowest BCUT2D eigenvalue weighted by molar-refractivity contribution is 0.879. The molecule has 0 fully saturated rings. The zero-order valence-electron chi connectivity index (χ0n) is 11.1. The van der Waals surface area contributed by atoms with Crippen molar-refractivity contribution in [1.29, 1.82) is 0 Å². The molecule has 2 aromatic heterocycles. The van der Waals surface area contributed by atoms with Crippen molar-refractivity contribution in [2.24, 2.45) is 0 Å². The first-order valence-corrected chi connectivity index (χ1v) is 6.71. The summed E-state index contributed by atoms with van der Waals surface area (Å²) in [5, 5.41) is 4.45. The number of nitrogens with one attached hydrogen (secondary N) is 1. The molecule has 1 atom stereocenters. The van der Waals surface area contributed by atoms with Crippen LogP contribution in [0.2, 0.25) is 0 Å². The molecule has 0 spiro atoms. The van der Waals surface area contributed by atoms with E-state index in [0.717, 1.165) is 27.8 Å². The van der Waals surface area contributed by atoms with Crippen molar-refractivity contribution in [2.75, 3.05) is 11.1 Å². The minimum atomic E-state index is 0.186. The van der Waals surface area contributed by atoms with E-state index in [2.05, 4.69) is 22.2 Å². The fourth-order valence-electron chi connectivity index (χ4n) is 1.85. The third kappa shape index (κ3) is 2.61. The van der Waals surface area contributed by atoms with Gasteiger partial charge in [-0.15, -0.1) is 11.3 Å². The van der Waals surface area contributed by atoms with Crippen LogP contribution in [0, 0.1) is 20.8 Å². The number of thiazole rings is 1. The number of nitrogens with zero attached hydrogens (tertiary/aromatic N) is 2. The van der Waals surface area contributed by atoms with Gasteiger partial charge in [0.1, 0.15) is 5.82 Å². The van der Waals surface area contributed by atoms with Crippen LogP contribution in [0.15, 0.2) is 12.3 Å². The second kappa shape index (κ2) is 4.94. The summed E-state index contributed by atoms with van der Waals surface area (Å²) in [7, 11) is 0. The highest BCUT2D eigenvalue weighted by molar-refractivity contribution is 7.11. The van der Waals surface area contributed by atoms with Crippen LogP contribution in [-0.4, -0.2) is 9.97 Å². The Morgan fingerprint density at radius 2 is 2.06 bits per heavy atom. The summed E-state index contributed by atoms with van der Waals surface area (Å²) in [6.07, 6.45) is 1.79. The van der Waals surface area contributed by atoms with Crippen molar-refractivity contribution in [3.8, 4) is 0 Å². The number of nitrogens with two attached hydrogens (primary N) is 1. The molecule has 0 aliphatic rings. The van der Waals surface area contributed by atoms with Gasteiger partial charge in [-0.2, -0.15) is 0 Å². The van der Waals surface area contributed by atoms with Gasteiger partial charge in [0.15, 0.2) is 0 Å². The number of pyridine rings is 1. The Kier molecular flexibility index (Phi) is 3.52. The SMILES string of the molecule is Cc1nc(C)c(C(C)Nc2cc(N)c(C)cn2)s1. The molecule has 1 unspecified atom stereocenters. The molecule has 0 saturated carbocycles. The summed E-state index contributed by atoms with van der Waals surface area (Å²) >= 11 is 1.72. The monoisotopic (exact) mass is 262 g/mol. The second-order valence-electron chi connectivity index (χ2n) is 4.47. The topological polar surface area (TPSA) is 63.8 Å². The lowest BCUT2D eigenvalue weighted by Gasteiger charge is -2.14. The summed E-state index contributed by atoms with van der Waals surface area (Å²) < 4.78 is 0. The minimum absolute atomic E-state index is 0.186. The van der Waals surface area contributed by atoms with Crippen LogP contribution >= 0.6 is 11.3 Å². The maximum Gasteiger partial charge on any atom is 0.128 e. The molecule has 18 heavy (non-hydrogen) atoms. The standard InChI is InChI=1S/C13H18N4S/c1-7-6-15-12(5-11(7)14)17-9(3)13-8(2)16-10(4)18-13/h5-6,9H,1-4H3,(H3,14,15,17). The van der Waals surface area contributed by atoms with E-state index in [1.807, 2.05) is 26.8 Å². The Morgan fingerprint density at radius 3 is 2.61 bits per heavy atom. The molecule has 0 amide bonds. The summed E-state index contributed by atoms with van der Waals surface area (Å²) in [6, 6.07) is 2.06. The number of nitrogen functional groups attached to an aromatic ring is 1. The van der Waals surface area contributed by atoms with Crippen molar-refractivity contribution in [3.63, 3.8) is 0 Å². The van der Waals surface area contributed by atoms with Crippen molar-refractivity contribution in [2.45, 2.75) is 33.7 Å². The Hall–Kier alpha value is -1.62. The number of aromatic nitrogens is 2. The maximum absolute atomic E-state index is 5.88. The van der Waals surface area contributed by atoms with Crippen LogP contribution in [0.3, 0.4) is 0 Å². The van der Waals surface area contributed by atoms with Crippen LogP contribution in [0.5, 0.6) is 0 Å². The Balaban J connectivity index is 2.18. The molecule has 0 aromatic carbocycles. The van der Waals surface area contributed by atoms with E-state index >= 15 is 0 Å². The van der Waals surface area contributed by atoms with E-state index in [4.69, 9.17) is 5.73 Å². The van der Waals surface area contributed by atoms with Crippen molar-refractivity contribution < 1.29 is 0 Å². The lowest BCUT2D eigenvalue weighted by atomic mass is 10.2. The van der Waals surface area contributed by atoms with Crippen molar-refractivity contribution in [1.82, 2.24) is 9.97 Å². The van der Waals surface area contributed by atoms with Crippen molar-refractivity contribution >= 4 is 22.8 Å². The Labute approximate surface area is 111 Å². The third-order valence-electron chi connectivity index (χ3n) is 2.84. The Bertz CT molecular complexity index is 562. The molecular weight excluding hydrogens is 244 g/mol. The van der Waals surface area contributed by atoms with Gasteiger partial charge in [0.2, 0.25) is 0 Å². The van der Waals surface area contributed by atoms with Crippen LogP contribution in [0.25, 0.3) is 0 Å². The summed E-state index contributed by atoms with van der Waals surface area (Å²) in [6.45, 7) is 8.12. The van der Waals surface area contributed by atoms with E-state index in [1.54, 1.807) is 17.5 Å². The molecule has 0 bridgehead atoms. The van der Waals surface area contributed by atoms with Gasteiger partial charge in [-0.05, 0) is 33.3 Å². The molecule has 2 aromatic rings. The molecular formula is C13H18N4S. The largest absolute Gasteiger partial charge is 0.398 e. The molecule has 0 saturated heterocycles. The molecule has 0 aliphatic heterocycles. The highest BCUT2D eigenvalue weighted by Crippen LogP contribution is 2.27. The fourth-order valence-corrected chi connectivity index (χ4v) is 2.78. The van der Waals surface area contributed by atoms with Crippen molar-refractivity contribution in [3.05, 3.63) is 33.4 Å². The van der Waals surface area contributed by atoms with E-state index in [-0.39, 0.29) is 6.04 Å². The van der Waals surface area contributed by atoms with Gasteiger partial charge in [-0.25, -0.2) is 9.97 Å². The average molecular weight is 262 g/mol. The number of hydrogen-bond acceptors (Lipinski definition) is 5. The zero-order valence-corrected chi connectivity index (χ0v) is 11.9. The summed E-state index contributed by atoms with van der Waals surface area (Å²) in [5.41, 5.74) is 8.72. The number of rotatable bonds is 3. The maximum atomic E-state index is 5.88. The molecule has 2 rings (SSSR count). The molecule has 5 heteroatoms. The number of hydrogen-bond donors (Lipinski definition) is 2. The Morgan fingerprint density at radius 1 is 1.33 bits per heavy atom. The lowest BCUT2D eigenvalue weighted by Crippen LogP contribution is -2.08. The first-order valence-electron chi connectivity index (χ1n) is 5.90. The molecule has 4 nitrogen and oxygen atoms in total. The van der Waals surface area contributed by atoms with Gasteiger partial charge in [-0.3, -0.25) is 0 Å². The highest BCUT2D eigenvalue weighted by Gasteiger charge is 2.13. The number of aryl methyl sites for hydroxylation is 3. The fraction of sp³-hybridized carbons (Fsp3) is 0.385. The van der Waals surface area contributed by atoms with Gasteiger partial charge in [-0.1, -0.05) is 0 Å². The van der Waals surface area contributed by atoms with Crippen LogP contribution in [-0.2, 0) is 0 Å². The van der Waals surface area contributed by atoms with Gasteiger partial charge in [0.05, 0.1) is 16.7 Å². The van der Waals surface area contributed by atoms with Gasteiger partial charge in [0.25, 0.3) is 0 Å². The van der Waals surface area contributed by atoms with E-state index in [0.29, 0.717) is 0 Å². The van der Waals surface area contributed by atoms with Crippen LogP contribution in [0.4, 0.5) is 11.5 Å². The smallest absolute Gasteiger partial charge is 0.128 e. The van der Waals surface area contributed by atoms with Crippen LogP contribution in [0.1, 0.15) is 34.1 Å². The van der Waals surface area contributed by atoms with Crippen LogP contribution < -0.4 is 11.1 Å². The van der Waals surface area contributed by atoms with Gasteiger partial charge >= 0.3 is 0 Å². The van der Waals surface area contributed by atoms with Gasteiger partial charge < -0.3 is 11.1 Å². The normalized spacial score (nSPS) is 12.4. The average Bonchev–Trinajstić information content (AvgIpc) is 2.63. The molecule has 0 aliphatic carbocycles. The highest BCUT2D eigenvalue weighted by atomic mass is 32.1. The summed E-state index contributed by atoms with van der Waals surface area (Å²) in [4.78, 5) is 10.0. The van der Waals surface area contributed by atoms with Gasteiger partial charge in [0, 0.05) is 22.8 Å². The molecule has 3 N–H and O–H groups in total. The van der Waals surface area contributed by atoms with E-state index in [9.17, 15) is 0 Å². The minimum Gasteiger partial charge on any atom is -0.398 e. The molecule has 2 heterocycles. The number of anilines is 2. The quantitative estimate of drug-likeness (QED) is 0.891. The first-order chi connectivity index (χ1) is 8.47. The molecule has 96 valence electrons. The predicted molar refractivity (Wildman–Crippen MR) is 77.0 cm³/mol. The van der Waals surface area contributed by atoms with E-state index < -0.39 is 0 Å². The molecule has 0 radical (unpaired) electrons. The predicted octanol–water partition coefficient (Wildman–Crippen LogP) is 3.22. The van der Waals surface area contributed by atoms with E-state index in [1.165, 1.54) is 4.88 Å². The summed E-state index contributed by atoms with van der Waals surface area (Å²) in [5.74, 6) is 0.802. The first kappa shape index (κ1) is 12.8.